The molecule has 2 aliphatic carbocycles. The molecular weight excluding hydrogens is 192 g/mol. The summed E-state index contributed by atoms with van der Waals surface area (Å²) in [5.74, 6) is 0.0231. The van der Waals surface area contributed by atoms with Gasteiger partial charge in [-0.25, -0.2) is 4.79 Å². The summed E-state index contributed by atoms with van der Waals surface area (Å²) in [5, 5.41) is 7.89. The van der Waals surface area contributed by atoms with Gasteiger partial charge in [0, 0.05) is 5.57 Å². The molecule has 3 nitrogen and oxygen atoms in total. The molecule has 4 atom stereocenters. The molecule has 0 aromatic rings. The highest BCUT2D eigenvalue weighted by Gasteiger charge is 2.65. The van der Waals surface area contributed by atoms with E-state index in [9.17, 15) is 4.79 Å². The van der Waals surface area contributed by atoms with Crippen LogP contribution in [0.15, 0.2) is 12.2 Å². The number of ether oxygens (including phenoxy) is 1. The number of rotatable bonds is 1. The third-order valence-corrected chi connectivity index (χ3v) is 3.86. The molecule has 15 heavy (non-hydrogen) atoms. The van der Waals surface area contributed by atoms with Crippen LogP contribution in [-0.4, -0.2) is 23.3 Å². The molecule has 2 saturated carbocycles. The summed E-state index contributed by atoms with van der Waals surface area (Å²) in [7, 11) is 0. The molecule has 1 heterocycles. The second-order valence-corrected chi connectivity index (χ2v) is 5.26. The number of epoxide rings is 1. The van der Waals surface area contributed by atoms with Crippen molar-refractivity contribution in [2.45, 2.75) is 45.3 Å². The monoisotopic (exact) mass is 210 g/mol. The molecule has 0 aromatic heterocycles. The first kappa shape index (κ1) is 10.7. The van der Waals surface area contributed by atoms with Gasteiger partial charge in [0.25, 0.3) is 0 Å². The Morgan fingerprint density at radius 3 is 2.47 bits per heavy atom. The van der Waals surface area contributed by atoms with Gasteiger partial charge in [-0.2, -0.15) is 0 Å². The average Bonchev–Trinajstić information content (AvgIpc) is 2.82. The van der Waals surface area contributed by atoms with E-state index >= 15 is 0 Å². The van der Waals surface area contributed by atoms with E-state index in [0.717, 1.165) is 5.92 Å². The number of hydrogen-bond donors (Lipinski definition) is 1. The minimum atomic E-state index is -0.935. The highest BCUT2D eigenvalue weighted by Crippen LogP contribution is 2.63. The van der Waals surface area contributed by atoms with Crippen molar-refractivity contribution in [3.8, 4) is 0 Å². The lowest BCUT2D eigenvalue weighted by atomic mass is 9.86. The van der Waals surface area contributed by atoms with Crippen LogP contribution in [-0.2, 0) is 9.53 Å². The van der Waals surface area contributed by atoms with E-state index in [-0.39, 0.29) is 5.57 Å². The fourth-order valence-electron chi connectivity index (χ4n) is 2.90. The summed E-state index contributed by atoms with van der Waals surface area (Å²) in [6, 6.07) is 0. The standard InChI is InChI=1S/C8H12O.C4H6O2/c1-8-3-2-5(4-8)6-7(8)9-6;1-3(2)4(5)6/h5-7H,2-4H2,1H3;1H2,2H3,(H,5,6). The predicted octanol–water partition coefficient (Wildman–Crippen LogP) is 2.22. The molecule has 1 saturated heterocycles. The van der Waals surface area contributed by atoms with Crippen molar-refractivity contribution in [3.63, 3.8) is 0 Å². The first-order chi connectivity index (χ1) is 6.94. The maximum absolute atomic E-state index is 9.60. The largest absolute Gasteiger partial charge is 0.478 e. The Morgan fingerprint density at radius 1 is 1.60 bits per heavy atom. The highest BCUT2D eigenvalue weighted by atomic mass is 16.6. The van der Waals surface area contributed by atoms with Gasteiger partial charge in [-0.15, -0.1) is 0 Å². The Labute approximate surface area is 90.1 Å². The van der Waals surface area contributed by atoms with Gasteiger partial charge in [-0.05, 0) is 37.5 Å². The van der Waals surface area contributed by atoms with Crippen LogP contribution in [0.4, 0.5) is 0 Å². The number of carboxylic acids is 1. The topological polar surface area (TPSA) is 49.8 Å². The molecule has 3 heteroatoms. The van der Waals surface area contributed by atoms with Crippen LogP contribution < -0.4 is 0 Å². The molecule has 3 aliphatic rings. The molecule has 1 aliphatic heterocycles. The number of carboxylic acid groups (broad SMARTS) is 1. The molecule has 1 N–H and O–H groups in total. The normalized spacial score (nSPS) is 44.0. The van der Waals surface area contributed by atoms with Gasteiger partial charge in [0.1, 0.15) is 0 Å². The van der Waals surface area contributed by atoms with Crippen LogP contribution in [0.5, 0.6) is 0 Å². The average molecular weight is 210 g/mol. The summed E-state index contributed by atoms with van der Waals surface area (Å²) >= 11 is 0. The molecule has 4 unspecified atom stereocenters. The van der Waals surface area contributed by atoms with Crippen LogP contribution in [0.1, 0.15) is 33.1 Å². The lowest BCUT2D eigenvalue weighted by Crippen LogP contribution is -2.17. The van der Waals surface area contributed by atoms with Gasteiger partial charge in [0.2, 0.25) is 0 Å². The van der Waals surface area contributed by atoms with E-state index in [2.05, 4.69) is 13.5 Å². The van der Waals surface area contributed by atoms with Gasteiger partial charge in [0.15, 0.2) is 0 Å². The number of hydrogen-bond acceptors (Lipinski definition) is 2. The maximum atomic E-state index is 9.60. The second-order valence-electron chi connectivity index (χ2n) is 5.26. The Balaban J connectivity index is 0.000000127. The van der Waals surface area contributed by atoms with E-state index < -0.39 is 5.97 Å². The van der Waals surface area contributed by atoms with Crippen LogP contribution in [0.25, 0.3) is 0 Å². The minimum absolute atomic E-state index is 0.176. The van der Waals surface area contributed by atoms with Crippen molar-refractivity contribution in [3.05, 3.63) is 12.2 Å². The van der Waals surface area contributed by atoms with Gasteiger partial charge in [-0.3, -0.25) is 0 Å². The predicted molar refractivity (Wildman–Crippen MR) is 56.6 cm³/mol. The molecule has 84 valence electrons. The van der Waals surface area contributed by atoms with Crippen molar-refractivity contribution >= 4 is 5.97 Å². The Morgan fingerprint density at radius 2 is 2.20 bits per heavy atom. The summed E-state index contributed by atoms with van der Waals surface area (Å²) in [6.45, 7) is 7.00. The summed E-state index contributed by atoms with van der Waals surface area (Å²) in [6.07, 6.45) is 5.73. The van der Waals surface area contributed by atoms with Crippen molar-refractivity contribution in [1.82, 2.24) is 0 Å². The van der Waals surface area contributed by atoms with Crippen LogP contribution in [0.3, 0.4) is 0 Å². The van der Waals surface area contributed by atoms with Gasteiger partial charge < -0.3 is 9.84 Å². The first-order valence-electron chi connectivity index (χ1n) is 5.48. The Bertz CT molecular complexity index is 296. The van der Waals surface area contributed by atoms with E-state index in [4.69, 9.17) is 9.84 Å². The molecule has 0 aromatic carbocycles. The lowest BCUT2D eigenvalue weighted by molar-refractivity contribution is -0.132. The van der Waals surface area contributed by atoms with E-state index in [1.54, 1.807) is 0 Å². The van der Waals surface area contributed by atoms with Crippen molar-refractivity contribution in [1.29, 1.82) is 0 Å². The Kier molecular flexibility index (Phi) is 2.38. The smallest absolute Gasteiger partial charge is 0.330 e. The van der Waals surface area contributed by atoms with Crippen molar-refractivity contribution in [2.24, 2.45) is 11.3 Å². The van der Waals surface area contributed by atoms with Crippen LogP contribution >= 0.6 is 0 Å². The van der Waals surface area contributed by atoms with Crippen molar-refractivity contribution < 1.29 is 14.6 Å². The number of aliphatic carboxylic acids is 1. The fraction of sp³-hybridized carbons (Fsp3) is 0.750. The molecule has 0 radical (unpaired) electrons. The molecule has 3 fully saturated rings. The van der Waals surface area contributed by atoms with Gasteiger partial charge >= 0.3 is 5.97 Å². The minimum Gasteiger partial charge on any atom is -0.478 e. The molecule has 2 bridgehead atoms. The summed E-state index contributed by atoms with van der Waals surface area (Å²) in [4.78, 5) is 9.60. The number of carbonyl (C=O) groups is 1. The van der Waals surface area contributed by atoms with E-state index in [0.29, 0.717) is 17.6 Å². The zero-order chi connectivity index (χ0) is 11.2. The quantitative estimate of drug-likeness (QED) is 0.533. The van der Waals surface area contributed by atoms with Gasteiger partial charge in [0.05, 0.1) is 12.2 Å². The SMILES string of the molecule is C=C(C)C(=O)O.CC12CCC(C1)C1OC12. The van der Waals surface area contributed by atoms with Crippen molar-refractivity contribution in [2.75, 3.05) is 0 Å². The second kappa shape index (κ2) is 3.34. The molecule has 0 amide bonds. The zero-order valence-electron chi connectivity index (χ0n) is 9.32. The zero-order valence-corrected chi connectivity index (χ0v) is 9.32. The Hall–Kier alpha value is -0.830. The molecular formula is C12H18O3. The number of fused-ring (bicyclic) bond motifs is 5. The third-order valence-electron chi connectivity index (χ3n) is 3.86. The maximum Gasteiger partial charge on any atom is 0.330 e. The van der Waals surface area contributed by atoms with Crippen LogP contribution in [0, 0.1) is 11.3 Å². The summed E-state index contributed by atoms with van der Waals surface area (Å²) < 4.78 is 5.54. The van der Waals surface area contributed by atoms with Gasteiger partial charge in [-0.1, -0.05) is 13.5 Å². The first-order valence-corrected chi connectivity index (χ1v) is 5.48. The third kappa shape index (κ3) is 1.81. The van der Waals surface area contributed by atoms with Crippen LogP contribution in [0.2, 0.25) is 0 Å². The molecule has 0 spiro atoms. The summed E-state index contributed by atoms with van der Waals surface area (Å²) in [5.41, 5.74) is 0.796. The van der Waals surface area contributed by atoms with E-state index in [1.165, 1.54) is 26.2 Å². The lowest BCUT2D eigenvalue weighted by Gasteiger charge is -2.17. The van der Waals surface area contributed by atoms with E-state index in [1.807, 2.05) is 0 Å². The molecule has 3 rings (SSSR count). The fourth-order valence-corrected chi connectivity index (χ4v) is 2.90. The highest BCUT2D eigenvalue weighted by molar-refractivity contribution is 5.84.